The highest BCUT2D eigenvalue weighted by molar-refractivity contribution is 7.89. The lowest BCUT2D eigenvalue weighted by Crippen LogP contribution is -2.34. The number of nitrogens with two attached hydrogens (primary N) is 1. The number of hydrogen-bond donors (Lipinski definition) is 4. The van der Waals surface area contributed by atoms with Gasteiger partial charge in [0, 0.05) is 12.2 Å². The Morgan fingerprint density at radius 2 is 2.16 bits per heavy atom. The zero-order valence-electron chi connectivity index (χ0n) is 10.5. The van der Waals surface area contributed by atoms with E-state index >= 15 is 0 Å². The van der Waals surface area contributed by atoms with Gasteiger partial charge in [-0.25, -0.2) is 18.4 Å². The van der Waals surface area contributed by atoms with E-state index in [1.54, 1.807) is 31.2 Å². The van der Waals surface area contributed by atoms with E-state index in [1.165, 1.54) is 0 Å². The number of rotatable bonds is 5. The van der Waals surface area contributed by atoms with E-state index in [1.807, 2.05) is 0 Å². The number of anilines is 1. The first-order valence-corrected chi connectivity index (χ1v) is 7.33. The molecule has 0 spiro atoms. The van der Waals surface area contributed by atoms with E-state index in [2.05, 4.69) is 10.6 Å². The maximum atomic E-state index is 11.5. The van der Waals surface area contributed by atoms with E-state index in [4.69, 9.17) is 5.14 Å². The summed E-state index contributed by atoms with van der Waals surface area (Å²) < 4.78 is 21.3. The van der Waals surface area contributed by atoms with Crippen molar-refractivity contribution in [2.24, 2.45) is 5.14 Å². The zero-order valence-corrected chi connectivity index (χ0v) is 11.3. The molecule has 1 rings (SSSR count). The lowest BCUT2D eigenvalue weighted by Gasteiger charge is -2.09. The number of nitrogens with one attached hydrogen (secondary N) is 2. The summed E-state index contributed by atoms with van der Waals surface area (Å²) in [7, 11) is -3.59. The zero-order chi connectivity index (χ0) is 14.5. The minimum atomic E-state index is -3.59. The number of aliphatic hydroxyl groups excluding tert-OH is 1. The van der Waals surface area contributed by atoms with Crippen LogP contribution in [0.1, 0.15) is 18.6 Å². The minimum absolute atomic E-state index is 0.0687. The summed E-state index contributed by atoms with van der Waals surface area (Å²) in [5, 5.41) is 19.1. The first-order valence-electron chi connectivity index (χ1n) is 5.61. The summed E-state index contributed by atoms with van der Waals surface area (Å²) in [4.78, 5) is 11.5. The molecule has 0 aliphatic carbocycles. The van der Waals surface area contributed by atoms with Crippen molar-refractivity contribution in [3.63, 3.8) is 0 Å². The molecule has 1 aromatic rings. The Bertz CT molecular complexity index is 543. The first-order chi connectivity index (χ1) is 8.78. The van der Waals surface area contributed by atoms with Crippen LogP contribution >= 0.6 is 0 Å². The van der Waals surface area contributed by atoms with Crippen LogP contribution in [-0.2, 0) is 10.0 Å². The highest BCUT2D eigenvalue weighted by Crippen LogP contribution is 2.16. The van der Waals surface area contributed by atoms with Gasteiger partial charge in [-0.05, 0) is 24.6 Å². The maximum absolute atomic E-state index is 11.5. The summed E-state index contributed by atoms with van der Waals surface area (Å²) in [6, 6.07) is 6.18. The molecular weight excluding hydrogens is 270 g/mol. The molecule has 0 aliphatic rings. The van der Waals surface area contributed by atoms with Crippen LogP contribution in [0.25, 0.3) is 0 Å². The summed E-state index contributed by atoms with van der Waals surface area (Å²) >= 11 is 0. The smallest absolute Gasteiger partial charge is 0.319 e. The average molecular weight is 287 g/mol. The molecule has 106 valence electrons. The molecule has 0 aromatic heterocycles. The number of carbonyl (C=O) groups is 1. The van der Waals surface area contributed by atoms with Gasteiger partial charge in [-0.2, -0.15) is 0 Å². The van der Waals surface area contributed by atoms with Crippen molar-refractivity contribution in [3.8, 4) is 0 Å². The number of benzene rings is 1. The van der Waals surface area contributed by atoms with Gasteiger partial charge in [-0.1, -0.05) is 12.1 Å². The van der Waals surface area contributed by atoms with Crippen molar-refractivity contribution in [1.29, 1.82) is 0 Å². The number of carbonyl (C=O) groups excluding carboxylic acids is 1. The van der Waals surface area contributed by atoms with Gasteiger partial charge in [0.2, 0.25) is 10.0 Å². The van der Waals surface area contributed by atoms with Crippen molar-refractivity contribution in [2.45, 2.75) is 13.0 Å². The normalized spacial score (nSPS) is 12.8. The predicted octanol–water partition coefficient (Wildman–Crippen LogP) is 0.150. The molecule has 8 heteroatoms. The topological polar surface area (TPSA) is 122 Å². The second kappa shape index (κ2) is 6.50. The van der Waals surface area contributed by atoms with Crippen LogP contribution in [0, 0.1) is 0 Å². The van der Waals surface area contributed by atoms with E-state index in [0.717, 1.165) is 0 Å². The van der Waals surface area contributed by atoms with Gasteiger partial charge in [0.25, 0.3) is 0 Å². The van der Waals surface area contributed by atoms with Crippen LogP contribution in [0.3, 0.4) is 0 Å². The number of aliphatic hydroxyl groups is 1. The number of urea groups is 1. The van der Waals surface area contributed by atoms with Crippen molar-refractivity contribution < 1.29 is 18.3 Å². The van der Waals surface area contributed by atoms with Gasteiger partial charge in [0.05, 0.1) is 11.9 Å². The standard InChI is InChI=1S/C11H17N3O4S/c1-8(15)9-3-2-4-10(7-9)14-11(16)13-5-6-19(12,17)18/h2-4,7-8,15H,5-6H2,1H3,(H2,12,17,18)(H2,13,14,16). The summed E-state index contributed by atoms with van der Waals surface area (Å²) in [6.07, 6.45) is -0.632. The van der Waals surface area contributed by atoms with Gasteiger partial charge < -0.3 is 15.7 Å². The molecule has 1 atom stereocenters. The van der Waals surface area contributed by atoms with Crippen LogP contribution < -0.4 is 15.8 Å². The Hall–Kier alpha value is -1.64. The van der Waals surface area contributed by atoms with E-state index in [9.17, 15) is 18.3 Å². The monoisotopic (exact) mass is 287 g/mol. The Kier molecular flexibility index (Phi) is 5.28. The molecule has 0 heterocycles. The summed E-state index contributed by atoms with van der Waals surface area (Å²) in [6.45, 7) is 1.55. The molecule has 5 N–H and O–H groups in total. The maximum Gasteiger partial charge on any atom is 0.319 e. The molecule has 7 nitrogen and oxygen atoms in total. The van der Waals surface area contributed by atoms with Crippen molar-refractivity contribution in [2.75, 3.05) is 17.6 Å². The number of amides is 2. The van der Waals surface area contributed by atoms with Crippen molar-refractivity contribution in [1.82, 2.24) is 5.32 Å². The second-order valence-electron chi connectivity index (χ2n) is 4.05. The summed E-state index contributed by atoms with van der Waals surface area (Å²) in [5.41, 5.74) is 1.17. The third kappa shape index (κ3) is 6.18. The lowest BCUT2D eigenvalue weighted by molar-refractivity contribution is 0.199. The highest BCUT2D eigenvalue weighted by atomic mass is 32.2. The fourth-order valence-corrected chi connectivity index (χ4v) is 1.74. The third-order valence-corrected chi connectivity index (χ3v) is 3.07. The highest BCUT2D eigenvalue weighted by Gasteiger charge is 2.06. The minimum Gasteiger partial charge on any atom is -0.389 e. The van der Waals surface area contributed by atoms with Crippen LogP contribution in [0.4, 0.5) is 10.5 Å². The average Bonchev–Trinajstić information content (AvgIpc) is 2.27. The lowest BCUT2D eigenvalue weighted by atomic mass is 10.1. The molecule has 1 unspecified atom stereocenters. The fourth-order valence-electron chi connectivity index (χ4n) is 1.36. The first kappa shape index (κ1) is 15.4. The molecule has 0 aliphatic heterocycles. The van der Waals surface area contributed by atoms with Crippen LogP contribution in [0.2, 0.25) is 0 Å². The van der Waals surface area contributed by atoms with Crippen LogP contribution in [0.5, 0.6) is 0 Å². The van der Waals surface area contributed by atoms with E-state index < -0.39 is 22.2 Å². The molecule has 0 saturated heterocycles. The number of sulfonamides is 1. The molecule has 19 heavy (non-hydrogen) atoms. The van der Waals surface area contributed by atoms with E-state index in [0.29, 0.717) is 11.3 Å². The van der Waals surface area contributed by atoms with Gasteiger partial charge in [-0.15, -0.1) is 0 Å². The van der Waals surface area contributed by atoms with Gasteiger partial charge in [-0.3, -0.25) is 0 Å². The van der Waals surface area contributed by atoms with Gasteiger partial charge >= 0.3 is 6.03 Å². The number of hydrogen-bond acceptors (Lipinski definition) is 4. The van der Waals surface area contributed by atoms with Gasteiger partial charge in [0.1, 0.15) is 0 Å². The second-order valence-corrected chi connectivity index (χ2v) is 5.78. The quantitative estimate of drug-likeness (QED) is 0.615. The fraction of sp³-hybridized carbons (Fsp3) is 0.364. The molecule has 0 saturated carbocycles. The SMILES string of the molecule is CC(O)c1cccc(NC(=O)NCCS(N)(=O)=O)c1. The molecule has 0 radical (unpaired) electrons. The number of primary sulfonamides is 1. The van der Waals surface area contributed by atoms with Gasteiger partial charge in [0.15, 0.2) is 0 Å². The molecular formula is C11H17N3O4S. The molecule has 2 amide bonds. The van der Waals surface area contributed by atoms with Crippen molar-refractivity contribution in [3.05, 3.63) is 29.8 Å². The van der Waals surface area contributed by atoms with E-state index in [-0.39, 0.29) is 12.3 Å². The largest absolute Gasteiger partial charge is 0.389 e. The molecule has 1 aromatic carbocycles. The summed E-state index contributed by atoms with van der Waals surface area (Å²) in [5.74, 6) is -0.325. The van der Waals surface area contributed by atoms with Crippen LogP contribution in [-0.4, -0.2) is 31.9 Å². The van der Waals surface area contributed by atoms with Crippen LogP contribution in [0.15, 0.2) is 24.3 Å². The molecule has 0 fully saturated rings. The van der Waals surface area contributed by atoms with Crippen molar-refractivity contribution >= 4 is 21.7 Å². The third-order valence-electron chi connectivity index (χ3n) is 2.30. The Balaban J connectivity index is 2.50. The molecule has 0 bridgehead atoms. The Morgan fingerprint density at radius 3 is 2.74 bits per heavy atom. The Labute approximate surface area is 111 Å². The predicted molar refractivity (Wildman–Crippen MR) is 72.1 cm³/mol. The Morgan fingerprint density at radius 1 is 1.47 bits per heavy atom.